The van der Waals surface area contributed by atoms with Gasteiger partial charge in [-0.3, -0.25) is 0 Å². The first-order valence-electron chi connectivity index (χ1n) is 10.6. The first-order valence-corrected chi connectivity index (χ1v) is 14.3. The quantitative estimate of drug-likeness (QED) is 0.591. The summed E-state index contributed by atoms with van der Waals surface area (Å²) in [5.74, 6) is 0.0196. The Morgan fingerprint density at radius 3 is 2.30 bits per heavy atom. The Hall–Kier alpha value is -1.00. The molecule has 0 amide bonds. The average Bonchev–Trinajstić information content (AvgIpc) is 3.01. The fraction of sp³-hybridized carbons (Fsp3) is 0.727. The Morgan fingerprint density at radius 1 is 1.03 bits per heavy atom. The predicted octanol–water partition coefficient (Wildman–Crippen LogP) is 3.17. The van der Waals surface area contributed by atoms with Gasteiger partial charge in [0.15, 0.2) is 12.1 Å². The van der Waals surface area contributed by atoms with Crippen LogP contribution in [0.1, 0.15) is 19.4 Å². The van der Waals surface area contributed by atoms with E-state index in [2.05, 4.69) is 19.6 Å². The summed E-state index contributed by atoms with van der Waals surface area (Å²) < 4.78 is 35.8. The molecule has 5 atom stereocenters. The minimum Gasteiger partial charge on any atom is -0.497 e. The minimum absolute atomic E-state index is 0.186. The zero-order chi connectivity index (χ0) is 21.9. The normalized spacial score (nSPS) is 30.8. The Morgan fingerprint density at radius 2 is 1.70 bits per heavy atom. The zero-order valence-electron chi connectivity index (χ0n) is 18.9. The molecule has 0 saturated carbocycles. The molecular weight excluding hydrogens is 404 g/mol. The van der Waals surface area contributed by atoms with Gasteiger partial charge in [-0.2, -0.15) is 0 Å². The Balaban J connectivity index is 1.69. The molecule has 1 aromatic carbocycles. The maximum absolute atomic E-state index is 9.98. The third kappa shape index (κ3) is 6.03. The molecule has 0 bridgehead atoms. The highest BCUT2D eigenvalue weighted by Gasteiger charge is 2.56. The minimum atomic E-state index is -1.24. The first-order chi connectivity index (χ1) is 14.1. The van der Waals surface area contributed by atoms with Crippen LogP contribution in [-0.4, -0.2) is 70.0 Å². The van der Waals surface area contributed by atoms with Crippen molar-refractivity contribution in [1.29, 1.82) is 0 Å². The second-order valence-electron chi connectivity index (χ2n) is 9.60. The van der Waals surface area contributed by atoms with Gasteiger partial charge in [-0.15, -0.1) is 0 Å². The molecule has 2 fully saturated rings. The number of hydrogen-bond donors (Lipinski definition) is 1. The van der Waals surface area contributed by atoms with Gasteiger partial charge in [0.25, 0.3) is 0 Å². The highest BCUT2D eigenvalue weighted by Crippen LogP contribution is 2.39. The predicted molar refractivity (Wildman–Crippen MR) is 115 cm³/mol. The van der Waals surface area contributed by atoms with Crippen LogP contribution in [0.3, 0.4) is 0 Å². The van der Waals surface area contributed by atoms with Crippen LogP contribution in [0.5, 0.6) is 5.75 Å². The molecule has 7 nitrogen and oxygen atoms in total. The molecule has 0 unspecified atom stereocenters. The monoisotopic (exact) mass is 440 g/mol. The van der Waals surface area contributed by atoms with Gasteiger partial charge < -0.3 is 33.5 Å². The van der Waals surface area contributed by atoms with Crippen LogP contribution in [0.4, 0.5) is 0 Å². The molecule has 3 rings (SSSR count). The van der Waals surface area contributed by atoms with Gasteiger partial charge in [0, 0.05) is 14.7 Å². The van der Waals surface area contributed by atoms with Gasteiger partial charge in [0.1, 0.15) is 30.2 Å². The van der Waals surface area contributed by atoms with E-state index in [0.29, 0.717) is 13.2 Å². The molecule has 0 spiro atoms. The summed E-state index contributed by atoms with van der Waals surface area (Å²) in [4.78, 5) is 0. The molecule has 30 heavy (non-hydrogen) atoms. The van der Waals surface area contributed by atoms with Crippen LogP contribution < -0.4 is 4.74 Å². The van der Waals surface area contributed by atoms with Crippen molar-refractivity contribution in [2.24, 2.45) is 0 Å². The standard InChI is InChI=1S/C22H36O7Si/c1-22(2)28-19-18(26-14-15-7-9-16(24-3)10-8-15)17(13-23)27-21(20(19)29-22)25-11-12-30(4,5)6/h7-10,17-21,23H,11-14H2,1-6H3/t17-,18-,19+,20+,21+/m1/s1. The van der Waals surface area contributed by atoms with Gasteiger partial charge in [-0.05, 0) is 37.6 Å². The molecule has 2 aliphatic heterocycles. The zero-order valence-corrected chi connectivity index (χ0v) is 19.9. The van der Waals surface area contributed by atoms with Gasteiger partial charge in [0.05, 0.1) is 20.3 Å². The molecular formula is C22H36O7Si. The van der Waals surface area contributed by atoms with E-state index >= 15 is 0 Å². The molecule has 170 valence electrons. The number of benzene rings is 1. The summed E-state index contributed by atoms with van der Waals surface area (Å²) in [5, 5.41) is 9.98. The van der Waals surface area contributed by atoms with E-state index < -0.39 is 38.5 Å². The number of ether oxygens (including phenoxy) is 6. The van der Waals surface area contributed by atoms with E-state index in [-0.39, 0.29) is 12.7 Å². The Kier molecular flexibility index (Phi) is 7.60. The number of hydrogen-bond acceptors (Lipinski definition) is 7. The number of fused-ring (bicyclic) bond motifs is 1. The van der Waals surface area contributed by atoms with Crippen molar-refractivity contribution < 1.29 is 33.5 Å². The Labute approximate surface area is 180 Å². The summed E-state index contributed by atoms with van der Waals surface area (Å²) in [7, 11) is 0.402. The van der Waals surface area contributed by atoms with Crippen molar-refractivity contribution in [2.45, 2.75) is 82.6 Å². The molecule has 0 radical (unpaired) electrons. The highest BCUT2D eigenvalue weighted by atomic mass is 28.3. The van der Waals surface area contributed by atoms with Crippen molar-refractivity contribution in [3.05, 3.63) is 29.8 Å². The van der Waals surface area contributed by atoms with E-state index in [1.165, 1.54) is 0 Å². The number of rotatable bonds is 9. The largest absolute Gasteiger partial charge is 0.497 e. The number of aliphatic hydroxyl groups is 1. The maximum atomic E-state index is 9.98. The smallest absolute Gasteiger partial charge is 0.187 e. The number of aliphatic hydroxyl groups excluding tert-OH is 1. The Bertz CT molecular complexity index is 673. The summed E-state index contributed by atoms with van der Waals surface area (Å²) in [5.41, 5.74) is 0.996. The van der Waals surface area contributed by atoms with E-state index in [1.54, 1.807) is 7.11 Å². The molecule has 2 heterocycles. The van der Waals surface area contributed by atoms with E-state index in [0.717, 1.165) is 17.4 Å². The molecule has 1 N–H and O–H groups in total. The van der Waals surface area contributed by atoms with Crippen molar-refractivity contribution in [3.8, 4) is 5.75 Å². The van der Waals surface area contributed by atoms with Crippen molar-refractivity contribution >= 4 is 8.07 Å². The van der Waals surface area contributed by atoms with Crippen LogP contribution in [0.2, 0.25) is 25.7 Å². The lowest BCUT2D eigenvalue weighted by Crippen LogP contribution is -2.59. The second kappa shape index (κ2) is 9.64. The van der Waals surface area contributed by atoms with Crippen LogP contribution >= 0.6 is 0 Å². The topological polar surface area (TPSA) is 75.6 Å². The van der Waals surface area contributed by atoms with Crippen LogP contribution in [0, 0.1) is 0 Å². The van der Waals surface area contributed by atoms with Gasteiger partial charge >= 0.3 is 0 Å². The second-order valence-corrected chi connectivity index (χ2v) is 15.2. The third-order valence-electron chi connectivity index (χ3n) is 5.35. The first kappa shape index (κ1) is 23.7. The molecule has 2 aliphatic rings. The van der Waals surface area contributed by atoms with Gasteiger partial charge in [-0.25, -0.2) is 0 Å². The van der Waals surface area contributed by atoms with Crippen molar-refractivity contribution in [2.75, 3.05) is 20.3 Å². The average molecular weight is 441 g/mol. The van der Waals surface area contributed by atoms with Crippen molar-refractivity contribution in [3.63, 3.8) is 0 Å². The lowest BCUT2D eigenvalue weighted by Gasteiger charge is -2.41. The summed E-state index contributed by atoms with van der Waals surface area (Å²) in [6.45, 7) is 11.4. The SMILES string of the molecule is COc1ccc(CO[C@H]2[C@@H]3OC(C)(C)O[C@@H]3[C@@H](OCC[Si](C)(C)C)O[C@@H]2CO)cc1. The lowest BCUT2D eigenvalue weighted by atomic mass is 9.99. The molecule has 1 aromatic rings. The van der Waals surface area contributed by atoms with Crippen LogP contribution in [0.15, 0.2) is 24.3 Å². The lowest BCUT2D eigenvalue weighted by molar-refractivity contribution is -0.286. The van der Waals surface area contributed by atoms with Crippen LogP contribution in [-0.2, 0) is 30.3 Å². The van der Waals surface area contributed by atoms with Crippen molar-refractivity contribution in [1.82, 2.24) is 0 Å². The van der Waals surface area contributed by atoms with Gasteiger partial charge in [0.2, 0.25) is 0 Å². The fourth-order valence-electron chi connectivity index (χ4n) is 3.70. The van der Waals surface area contributed by atoms with Crippen LogP contribution in [0.25, 0.3) is 0 Å². The van der Waals surface area contributed by atoms with E-state index in [9.17, 15) is 5.11 Å². The molecule has 2 saturated heterocycles. The molecule has 0 aliphatic carbocycles. The molecule has 8 heteroatoms. The van der Waals surface area contributed by atoms with E-state index in [4.69, 9.17) is 28.4 Å². The summed E-state index contributed by atoms with van der Waals surface area (Å²) in [6, 6.07) is 8.71. The summed E-state index contributed by atoms with van der Waals surface area (Å²) >= 11 is 0. The summed E-state index contributed by atoms with van der Waals surface area (Å²) in [6.07, 6.45) is -2.42. The third-order valence-corrected chi connectivity index (χ3v) is 7.05. The maximum Gasteiger partial charge on any atom is 0.187 e. The number of methoxy groups -OCH3 is 1. The van der Waals surface area contributed by atoms with Gasteiger partial charge in [-0.1, -0.05) is 31.8 Å². The molecule has 0 aromatic heterocycles. The van der Waals surface area contributed by atoms with E-state index in [1.807, 2.05) is 38.1 Å². The highest BCUT2D eigenvalue weighted by molar-refractivity contribution is 6.76. The fourth-order valence-corrected chi connectivity index (χ4v) is 4.43.